The Morgan fingerprint density at radius 2 is 1.85 bits per heavy atom. The lowest BCUT2D eigenvalue weighted by molar-refractivity contribution is -0.144. The normalized spacial score (nSPS) is 26.9. The maximum Gasteiger partial charge on any atom is 0.323 e. The van der Waals surface area contributed by atoms with Gasteiger partial charge in [0, 0.05) is 13.1 Å². The van der Waals surface area contributed by atoms with Gasteiger partial charge in [0.15, 0.2) is 0 Å². The Morgan fingerprint density at radius 1 is 1.30 bits per heavy atom. The molecule has 0 aromatic rings. The fourth-order valence-electron chi connectivity index (χ4n) is 3.41. The number of carboxylic acid groups (broad SMARTS) is 1. The molecule has 1 aliphatic rings. The summed E-state index contributed by atoms with van der Waals surface area (Å²) in [6.07, 6.45) is 3.44. The number of carboxylic acids is 1. The second-order valence-corrected chi connectivity index (χ2v) is 7.27. The monoisotopic (exact) mass is 284 g/mol. The molecule has 0 aromatic heterocycles. The highest BCUT2D eigenvalue weighted by molar-refractivity contribution is 5.79. The summed E-state index contributed by atoms with van der Waals surface area (Å²) in [6, 6.07) is 0. The molecule has 0 aliphatic heterocycles. The van der Waals surface area contributed by atoms with E-state index in [2.05, 4.69) is 32.6 Å². The van der Waals surface area contributed by atoms with E-state index in [4.69, 9.17) is 5.73 Å². The van der Waals surface area contributed by atoms with Crippen molar-refractivity contribution in [3.63, 3.8) is 0 Å². The summed E-state index contributed by atoms with van der Waals surface area (Å²) < 4.78 is 0. The van der Waals surface area contributed by atoms with Crippen molar-refractivity contribution in [1.82, 2.24) is 4.90 Å². The van der Waals surface area contributed by atoms with E-state index >= 15 is 0 Å². The fourth-order valence-corrected chi connectivity index (χ4v) is 3.41. The summed E-state index contributed by atoms with van der Waals surface area (Å²) in [5.74, 6) is 0.583. The third-order valence-electron chi connectivity index (χ3n) is 4.31. The average molecular weight is 284 g/mol. The topological polar surface area (TPSA) is 66.6 Å². The van der Waals surface area contributed by atoms with Crippen LogP contribution in [0.1, 0.15) is 53.4 Å². The van der Waals surface area contributed by atoms with Crippen molar-refractivity contribution >= 4 is 5.97 Å². The van der Waals surface area contributed by atoms with E-state index in [1.807, 2.05) is 0 Å². The predicted molar refractivity (Wildman–Crippen MR) is 82.6 cm³/mol. The molecule has 4 heteroatoms. The molecule has 3 N–H and O–H groups in total. The first-order valence-corrected chi connectivity index (χ1v) is 8.00. The Kier molecular flexibility index (Phi) is 6.46. The van der Waals surface area contributed by atoms with Crippen LogP contribution in [0.2, 0.25) is 0 Å². The average Bonchev–Trinajstić information content (AvgIpc) is 2.67. The molecule has 1 saturated carbocycles. The van der Waals surface area contributed by atoms with Crippen LogP contribution < -0.4 is 5.73 Å². The van der Waals surface area contributed by atoms with Gasteiger partial charge in [-0.05, 0) is 43.6 Å². The SMILES string of the molecule is CC(C)CN(CCC1CCCC1(N)C(=O)O)CC(C)C. The van der Waals surface area contributed by atoms with Gasteiger partial charge >= 0.3 is 5.97 Å². The van der Waals surface area contributed by atoms with Crippen molar-refractivity contribution in [2.45, 2.75) is 58.9 Å². The maximum absolute atomic E-state index is 11.4. The minimum Gasteiger partial charge on any atom is -0.480 e. The third-order valence-corrected chi connectivity index (χ3v) is 4.31. The van der Waals surface area contributed by atoms with E-state index in [0.29, 0.717) is 18.3 Å². The molecule has 1 rings (SSSR count). The zero-order valence-corrected chi connectivity index (χ0v) is 13.6. The Hall–Kier alpha value is -0.610. The van der Waals surface area contributed by atoms with Crippen molar-refractivity contribution < 1.29 is 9.90 Å². The standard InChI is InChI=1S/C16H32N2O2/c1-12(2)10-18(11-13(3)4)9-7-14-6-5-8-16(14,17)15(19)20/h12-14H,5-11,17H2,1-4H3,(H,19,20). The molecule has 0 amide bonds. The molecular weight excluding hydrogens is 252 g/mol. The van der Waals surface area contributed by atoms with Crippen molar-refractivity contribution in [1.29, 1.82) is 0 Å². The van der Waals surface area contributed by atoms with Gasteiger partial charge in [-0.1, -0.05) is 34.1 Å². The highest BCUT2D eigenvalue weighted by atomic mass is 16.4. The Morgan fingerprint density at radius 3 is 2.30 bits per heavy atom. The van der Waals surface area contributed by atoms with Crippen LogP contribution in [0.15, 0.2) is 0 Å². The minimum absolute atomic E-state index is 0.127. The fraction of sp³-hybridized carbons (Fsp3) is 0.938. The van der Waals surface area contributed by atoms with Gasteiger partial charge < -0.3 is 15.7 Å². The summed E-state index contributed by atoms with van der Waals surface area (Å²) in [7, 11) is 0. The zero-order valence-electron chi connectivity index (χ0n) is 13.6. The molecule has 0 bridgehead atoms. The number of rotatable bonds is 8. The van der Waals surface area contributed by atoms with Crippen LogP contribution in [0.5, 0.6) is 0 Å². The third kappa shape index (κ3) is 4.74. The molecule has 1 fully saturated rings. The summed E-state index contributed by atoms with van der Waals surface area (Å²) in [6.45, 7) is 12.0. The summed E-state index contributed by atoms with van der Waals surface area (Å²) >= 11 is 0. The van der Waals surface area contributed by atoms with E-state index in [-0.39, 0.29) is 5.92 Å². The molecule has 0 aromatic carbocycles. The van der Waals surface area contributed by atoms with Crippen LogP contribution in [0, 0.1) is 17.8 Å². The van der Waals surface area contributed by atoms with Crippen LogP contribution >= 0.6 is 0 Å². The number of nitrogens with two attached hydrogens (primary N) is 1. The van der Waals surface area contributed by atoms with Crippen LogP contribution in [-0.2, 0) is 4.79 Å². The lowest BCUT2D eigenvalue weighted by Crippen LogP contribution is -2.51. The lowest BCUT2D eigenvalue weighted by atomic mass is 9.85. The quantitative estimate of drug-likeness (QED) is 0.719. The second kappa shape index (κ2) is 7.41. The van der Waals surface area contributed by atoms with Crippen molar-refractivity contribution in [2.75, 3.05) is 19.6 Å². The molecule has 1 aliphatic carbocycles. The van der Waals surface area contributed by atoms with Gasteiger partial charge in [-0.3, -0.25) is 4.79 Å². The highest BCUT2D eigenvalue weighted by Crippen LogP contribution is 2.36. The van der Waals surface area contributed by atoms with E-state index in [1.165, 1.54) is 0 Å². The van der Waals surface area contributed by atoms with Crippen LogP contribution in [0.25, 0.3) is 0 Å². The molecule has 20 heavy (non-hydrogen) atoms. The molecule has 0 radical (unpaired) electrons. The largest absolute Gasteiger partial charge is 0.480 e. The van der Waals surface area contributed by atoms with Gasteiger partial charge in [-0.25, -0.2) is 0 Å². The number of hydrogen-bond acceptors (Lipinski definition) is 3. The Bertz CT molecular complexity index is 308. The molecule has 0 saturated heterocycles. The van der Waals surface area contributed by atoms with Gasteiger partial charge in [0.05, 0.1) is 0 Å². The first-order valence-electron chi connectivity index (χ1n) is 8.00. The van der Waals surface area contributed by atoms with Crippen LogP contribution in [0.3, 0.4) is 0 Å². The first-order chi connectivity index (χ1) is 9.25. The van der Waals surface area contributed by atoms with E-state index in [0.717, 1.165) is 38.9 Å². The molecule has 0 spiro atoms. The minimum atomic E-state index is -0.985. The van der Waals surface area contributed by atoms with Crippen LogP contribution in [-0.4, -0.2) is 41.1 Å². The van der Waals surface area contributed by atoms with E-state index in [9.17, 15) is 9.90 Å². The van der Waals surface area contributed by atoms with Gasteiger partial charge in [0.1, 0.15) is 5.54 Å². The lowest BCUT2D eigenvalue weighted by Gasteiger charge is -2.31. The molecule has 118 valence electrons. The van der Waals surface area contributed by atoms with Gasteiger partial charge in [0.25, 0.3) is 0 Å². The predicted octanol–water partition coefficient (Wildman–Crippen LogP) is 2.57. The number of nitrogens with zero attached hydrogens (tertiary/aromatic N) is 1. The number of aliphatic carboxylic acids is 1. The van der Waals surface area contributed by atoms with Gasteiger partial charge in [0.2, 0.25) is 0 Å². The number of carbonyl (C=O) groups is 1. The second-order valence-electron chi connectivity index (χ2n) is 7.27. The smallest absolute Gasteiger partial charge is 0.323 e. The van der Waals surface area contributed by atoms with E-state index < -0.39 is 11.5 Å². The zero-order chi connectivity index (χ0) is 15.3. The Labute approximate surface area is 123 Å². The van der Waals surface area contributed by atoms with Crippen molar-refractivity contribution in [3.8, 4) is 0 Å². The number of hydrogen-bond donors (Lipinski definition) is 2. The van der Waals surface area contributed by atoms with Gasteiger partial charge in [-0.15, -0.1) is 0 Å². The molecule has 4 nitrogen and oxygen atoms in total. The molecular formula is C16H32N2O2. The van der Waals surface area contributed by atoms with Crippen molar-refractivity contribution in [3.05, 3.63) is 0 Å². The Balaban J connectivity index is 2.55. The molecule has 2 unspecified atom stereocenters. The summed E-state index contributed by atoms with van der Waals surface area (Å²) in [5.41, 5.74) is 5.13. The summed E-state index contributed by atoms with van der Waals surface area (Å²) in [5, 5.41) is 9.36. The molecule has 2 atom stereocenters. The summed E-state index contributed by atoms with van der Waals surface area (Å²) in [4.78, 5) is 13.9. The maximum atomic E-state index is 11.4. The molecule has 0 heterocycles. The van der Waals surface area contributed by atoms with Crippen molar-refractivity contribution in [2.24, 2.45) is 23.5 Å². The first kappa shape index (κ1) is 17.4. The van der Waals surface area contributed by atoms with Crippen LogP contribution in [0.4, 0.5) is 0 Å². The highest BCUT2D eigenvalue weighted by Gasteiger charge is 2.45. The van der Waals surface area contributed by atoms with E-state index in [1.54, 1.807) is 0 Å². The van der Waals surface area contributed by atoms with Gasteiger partial charge in [-0.2, -0.15) is 0 Å².